The van der Waals surface area contributed by atoms with Crippen molar-refractivity contribution in [1.29, 1.82) is 0 Å². The number of fused-ring (bicyclic) bond motifs is 1. The van der Waals surface area contributed by atoms with E-state index in [0.717, 1.165) is 5.56 Å². The maximum Gasteiger partial charge on any atom is 0.235 e. The van der Waals surface area contributed by atoms with Crippen molar-refractivity contribution in [2.75, 3.05) is 6.61 Å². The molecule has 4 aromatic rings. The van der Waals surface area contributed by atoms with Gasteiger partial charge in [-0.25, -0.2) is 0 Å². The van der Waals surface area contributed by atoms with Crippen molar-refractivity contribution in [1.82, 2.24) is 0 Å². The van der Waals surface area contributed by atoms with E-state index in [4.69, 9.17) is 32.4 Å². The summed E-state index contributed by atoms with van der Waals surface area (Å²) < 4.78 is 11.7. The van der Waals surface area contributed by atoms with Gasteiger partial charge in [-0.1, -0.05) is 65.7 Å². The second kappa shape index (κ2) is 8.34. The second-order valence-electron chi connectivity index (χ2n) is 6.74. The SMILES string of the molecule is Cc1cc2oc(-c3ccccc3Cl)c(OCC(=O)c3ccccc3)c(=O)c2cc1Cl. The summed E-state index contributed by atoms with van der Waals surface area (Å²) in [5.74, 6) is -0.178. The first kappa shape index (κ1) is 20.2. The van der Waals surface area contributed by atoms with Crippen LogP contribution in [0.1, 0.15) is 15.9 Å². The van der Waals surface area contributed by atoms with Gasteiger partial charge < -0.3 is 9.15 Å². The minimum Gasteiger partial charge on any atom is -0.478 e. The molecule has 4 rings (SSSR count). The molecule has 0 amide bonds. The zero-order valence-electron chi connectivity index (χ0n) is 15.9. The molecule has 0 saturated heterocycles. The van der Waals surface area contributed by atoms with Crippen molar-refractivity contribution in [2.24, 2.45) is 0 Å². The van der Waals surface area contributed by atoms with Crippen LogP contribution in [-0.2, 0) is 0 Å². The van der Waals surface area contributed by atoms with Gasteiger partial charge in [0.05, 0.1) is 10.4 Å². The van der Waals surface area contributed by atoms with Gasteiger partial charge in [0.15, 0.2) is 18.2 Å². The van der Waals surface area contributed by atoms with Crippen molar-refractivity contribution in [2.45, 2.75) is 6.92 Å². The third kappa shape index (κ3) is 3.84. The lowest BCUT2D eigenvalue weighted by atomic mass is 10.1. The van der Waals surface area contributed by atoms with Gasteiger partial charge in [-0.2, -0.15) is 0 Å². The van der Waals surface area contributed by atoms with E-state index >= 15 is 0 Å². The fourth-order valence-electron chi connectivity index (χ4n) is 3.10. The minimum absolute atomic E-state index is 0.0835. The second-order valence-corrected chi connectivity index (χ2v) is 7.56. The number of halogens is 2. The van der Waals surface area contributed by atoms with Crippen LogP contribution >= 0.6 is 23.2 Å². The molecule has 1 aromatic heterocycles. The first-order chi connectivity index (χ1) is 14.5. The molecule has 0 radical (unpaired) electrons. The van der Waals surface area contributed by atoms with Crippen LogP contribution < -0.4 is 10.2 Å². The fraction of sp³-hybridized carbons (Fsp3) is 0.0833. The van der Waals surface area contributed by atoms with E-state index < -0.39 is 5.43 Å². The molecule has 4 nitrogen and oxygen atoms in total. The number of benzene rings is 3. The molecule has 0 fully saturated rings. The van der Waals surface area contributed by atoms with Crippen LogP contribution in [0, 0.1) is 6.92 Å². The molecule has 0 aliphatic heterocycles. The first-order valence-corrected chi connectivity index (χ1v) is 9.94. The summed E-state index contributed by atoms with van der Waals surface area (Å²) in [6.45, 7) is 1.50. The molecular formula is C24H16Cl2O4. The summed E-state index contributed by atoms with van der Waals surface area (Å²) in [5.41, 5.74) is 1.69. The predicted octanol–water partition coefficient (Wildman–Crippen LogP) is 6.34. The molecule has 0 N–H and O–H groups in total. The molecule has 0 aliphatic rings. The minimum atomic E-state index is -0.422. The highest BCUT2D eigenvalue weighted by atomic mass is 35.5. The molecule has 6 heteroatoms. The van der Waals surface area contributed by atoms with Gasteiger partial charge in [0, 0.05) is 16.1 Å². The number of ketones is 1. The Balaban J connectivity index is 1.85. The van der Waals surface area contributed by atoms with Crippen molar-refractivity contribution >= 4 is 40.0 Å². The Labute approximate surface area is 182 Å². The first-order valence-electron chi connectivity index (χ1n) is 9.18. The quantitative estimate of drug-likeness (QED) is 0.341. The Morgan fingerprint density at radius 1 is 0.967 bits per heavy atom. The molecule has 0 bridgehead atoms. The summed E-state index contributed by atoms with van der Waals surface area (Å²) in [6, 6.07) is 18.9. The zero-order chi connectivity index (χ0) is 21.3. The van der Waals surface area contributed by atoms with E-state index in [9.17, 15) is 9.59 Å². The van der Waals surface area contributed by atoms with E-state index in [2.05, 4.69) is 0 Å². The molecule has 0 atom stereocenters. The predicted molar refractivity (Wildman–Crippen MR) is 119 cm³/mol. The van der Waals surface area contributed by atoms with Crippen molar-refractivity contribution in [3.05, 3.63) is 98.1 Å². The van der Waals surface area contributed by atoms with Gasteiger partial charge in [0.25, 0.3) is 0 Å². The molecular weight excluding hydrogens is 423 g/mol. The zero-order valence-corrected chi connectivity index (χ0v) is 17.5. The summed E-state index contributed by atoms with van der Waals surface area (Å²) in [7, 11) is 0. The summed E-state index contributed by atoms with van der Waals surface area (Å²) in [5, 5.41) is 1.10. The van der Waals surface area contributed by atoms with Crippen molar-refractivity contribution in [3.63, 3.8) is 0 Å². The molecule has 0 spiro atoms. The monoisotopic (exact) mass is 438 g/mol. The van der Waals surface area contributed by atoms with E-state index in [1.807, 2.05) is 13.0 Å². The van der Waals surface area contributed by atoms with Gasteiger partial charge in [-0.05, 0) is 36.8 Å². The number of hydrogen-bond donors (Lipinski definition) is 0. The number of aryl methyl sites for hydroxylation is 1. The largest absolute Gasteiger partial charge is 0.478 e. The normalized spacial score (nSPS) is 10.9. The summed E-state index contributed by atoms with van der Waals surface area (Å²) in [4.78, 5) is 25.8. The lowest BCUT2D eigenvalue weighted by molar-refractivity contribution is 0.0920. The van der Waals surface area contributed by atoms with Gasteiger partial charge in [-0.3, -0.25) is 9.59 Å². The molecule has 0 aliphatic carbocycles. The van der Waals surface area contributed by atoms with Crippen LogP contribution in [0.25, 0.3) is 22.3 Å². The smallest absolute Gasteiger partial charge is 0.235 e. The number of hydrogen-bond acceptors (Lipinski definition) is 4. The van der Waals surface area contributed by atoms with Gasteiger partial charge in [0.2, 0.25) is 11.2 Å². The van der Waals surface area contributed by atoms with Crippen LogP contribution in [0.2, 0.25) is 10.0 Å². The van der Waals surface area contributed by atoms with Crippen molar-refractivity contribution < 1.29 is 13.9 Å². The summed E-state index contributed by atoms with van der Waals surface area (Å²) >= 11 is 12.5. The Morgan fingerprint density at radius 3 is 2.40 bits per heavy atom. The van der Waals surface area contributed by atoms with Gasteiger partial charge in [-0.15, -0.1) is 0 Å². The highest BCUT2D eigenvalue weighted by Crippen LogP contribution is 2.36. The maximum absolute atomic E-state index is 13.2. The van der Waals surface area contributed by atoms with Crippen LogP contribution in [0.3, 0.4) is 0 Å². The summed E-state index contributed by atoms with van der Waals surface area (Å²) in [6.07, 6.45) is 0. The van der Waals surface area contributed by atoms with Crippen LogP contribution in [0.5, 0.6) is 5.75 Å². The number of carbonyl (C=O) groups excluding carboxylic acids is 1. The lowest BCUT2D eigenvalue weighted by Crippen LogP contribution is -2.17. The number of Topliss-reactive ketones (excluding diaryl/α,β-unsaturated/α-hetero) is 1. The molecule has 30 heavy (non-hydrogen) atoms. The fourth-order valence-corrected chi connectivity index (χ4v) is 3.48. The van der Waals surface area contributed by atoms with Gasteiger partial charge >= 0.3 is 0 Å². The maximum atomic E-state index is 13.2. The highest BCUT2D eigenvalue weighted by molar-refractivity contribution is 6.33. The number of carbonyl (C=O) groups is 1. The molecule has 0 unspecified atom stereocenters. The molecule has 150 valence electrons. The Hall–Kier alpha value is -3.08. The molecule has 3 aromatic carbocycles. The van der Waals surface area contributed by atoms with E-state index in [1.54, 1.807) is 60.7 Å². The number of ether oxygens (including phenoxy) is 1. The Kier molecular flexibility index (Phi) is 5.62. The molecule has 0 saturated carbocycles. The third-order valence-electron chi connectivity index (χ3n) is 4.69. The molecule has 1 heterocycles. The van der Waals surface area contributed by atoms with Crippen LogP contribution in [-0.4, -0.2) is 12.4 Å². The Bertz CT molecular complexity index is 1310. The van der Waals surface area contributed by atoms with Gasteiger partial charge in [0.1, 0.15) is 5.58 Å². The average Bonchev–Trinajstić information content (AvgIpc) is 2.75. The van der Waals surface area contributed by atoms with Crippen molar-refractivity contribution in [3.8, 4) is 17.1 Å². The highest BCUT2D eigenvalue weighted by Gasteiger charge is 2.21. The number of rotatable bonds is 5. The Morgan fingerprint density at radius 2 is 1.67 bits per heavy atom. The van der Waals surface area contributed by atoms with E-state index in [0.29, 0.717) is 26.8 Å². The van der Waals surface area contributed by atoms with E-state index in [1.165, 1.54) is 0 Å². The standard InChI is InChI=1S/C24H16Cl2O4/c1-14-11-21-17(12-19(14)26)22(28)24(23(30-21)16-9-5-6-10-18(16)25)29-13-20(27)15-7-3-2-4-8-15/h2-12H,13H2,1H3. The third-order valence-corrected chi connectivity index (χ3v) is 5.43. The lowest BCUT2D eigenvalue weighted by Gasteiger charge is -2.13. The topological polar surface area (TPSA) is 56.5 Å². The average molecular weight is 439 g/mol. The van der Waals surface area contributed by atoms with Crippen LogP contribution in [0.4, 0.5) is 0 Å². The van der Waals surface area contributed by atoms with Crippen LogP contribution in [0.15, 0.2) is 75.9 Å². The van der Waals surface area contributed by atoms with E-state index in [-0.39, 0.29) is 29.3 Å².